The lowest BCUT2D eigenvalue weighted by molar-refractivity contribution is 0.186. The molecular formula is C18H31N3. The third kappa shape index (κ3) is 3.45. The van der Waals surface area contributed by atoms with Crippen molar-refractivity contribution in [2.45, 2.75) is 57.5 Å². The van der Waals surface area contributed by atoms with Crippen LogP contribution in [0.2, 0.25) is 0 Å². The summed E-state index contributed by atoms with van der Waals surface area (Å²) in [6.45, 7) is 5.86. The highest BCUT2D eigenvalue weighted by molar-refractivity contribution is 5.23. The second-order valence-electron chi connectivity index (χ2n) is 7.00. The standard InChI is InChI=1S/C18H31N3/c1-15(16-6-4-3-5-7-16)20-12-9-18(10-13-20)21-11-8-17(14-21)19-2/h9-10,12,15-17,19H,3-8,11,13-14H2,1-2H3/t15-,17-/m1/s1. The average molecular weight is 289 g/mol. The predicted molar refractivity (Wildman–Crippen MR) is 89.0 cm³/mol. The molecule has 3 aliphatic rings. The van der Waals surface area contributed by atoms with Gasteiger partial charge in [0.05, 0.1) is 0 Å². The van der Waals surface area contributed by atoms with Gasteiger partial charge in [-0.25, -0.2) is 0 Å². The highest BCUT2D eigenvalue weighted by atomic mass is 15.2. The van der Waals surface area contributed by atoms with Crippen molar-refractivity contribution in [1.29, 1.82) is 0 Å². The summed E-state index contributed by atoms with van der Waals surface area (Å²) >= 11 is 0. The number of nitrogens with zero attached hydrogens (tertiary/aromatic N) is 2. The maximum Gasteiger partial charge on any atom is 0.0380 e. The summed E-state index contributed by atoms with van der Waals surface area (Å²) in [6.07, 6.45) is 15.6. The van der Waals surface area contributed by atoms with Crippen LogP contribution >= 0.6 is 0 Å². The zero-order valence-corrected chi connectivity index (χ0v) is 13.7. The molecule has 0 amide bonds. The number of hydrogen-bond donors (Lipinski definition) is 1. The van der Waals surface area contributed by atoms with Crippen molar-refractivity contribution in [1.82, 2.24) is 15.1 Å². The van der Waals surface area contributed by atoms with Gasteiger partial charge in [-0.05, 0) is 51.3 Å². The lowest BCUT2D eigenvalue weighted by atomic mass is 9.84. The third-order valence-electron chi connectivity index (χ3n) is 5.76. The van der Waals surface area contributed by atoms with Crippen LogP contribution in [0.1, 0.15) is 45.4 Å². The lowest BCUT2D eigenvalue weighted by Gasteiger charge is -2.37. The Morgan fingerprint density at radius 2 is 2.00 bits per heavy atom. The highest BCUT2D eigenvalue weighted by Gasteiger charge is 2.26. The maximum atomic E-state index is 3.40. The summed E-state index contributed by atoms with van der Waals surface area (Å²) in [5, 5.41) is 3.40. The fourth-order valence-corrected chi connectivity index (χ4v) is 4.15. The minimum atomic E-state index is 0.665. The summed E-state index contributed by atoms with van der Waals surface area (Å²) < 4.78 is 0. The minimum absolute atomic E-state index is 0.665. The first kappa shape index (κ1) is 15.0. The molecule has 118 valence electrons. The smallest absolute Gasteiger partial charge is 0.0380 e. The van der Waals surface area contributed by atoms with Crippen LogP contribution in [-0.2, 0) is 0 Å². The van der Waals surface area contributed by atoms with E-state index in [-0.39, 0.29) is 0 Å². The molecule has 0 unspecified atom stereocenters. The van der Waals surface area contributed by atoms with Crippen LogP contribution < -0.4 is 5.32 Å². The van der Waals surface area contributed by atoms with Crippen LogP contribution in [-0.4, -0.2) is 48.6 Å². The SMILES string of the molecule is CN[C@@H]1CCN(C2=CCN([C@H](C)C3CCCCC3)C=C2)C1. The Bertz CT molecular complexity index is 395. The molecule has 0 aromatic carbocycles. The second-order valence-corrected chi connectivity index (χ2v) is 7.00. The summed E-state index contributed by atoms with van der Waals surface area (Å²) in [6, 6.07) is 1.36. The van der Waals surface area contributed by atoms with Gasteiger partial charge in [-0.1, -0.05) is 19.3 Å². The fourth-order valence-electron chi connectivity index (χ4n) is 4.15. The van der Waals surface area contributed by atoms with Crippen molar-refractivity contribution in [3.05, 3.63) is 24.0 Å². The van der Waals surface area contributed by atoms with E-state index >= 15 is 0 Å². The van der Waals surface area contributed by atoms with Crippen LogP contribution in [0.25, 0.3) is 0 Å². The van der Waals surface area contributed by atoms with Crippen LogP contribution in [0.3, 0.4) is 0 Å². The molecule has 0 aromatic heterocycles. The topological polar surface area (TPSA) is 18.5 Å². The van der Waals surface area contributed by atoms with Gasteiger partial charge in [0, 0.05) is 43.6 Å². The van der Waals surface area contributed by atoms with Crippen LogP contribution in [0.5, 0.6) is 0 Å². The van der Waals surface area contributed by atoms with Crippen LogP contribution in [0.4, 0.5) is 0 Å². The zero-order valence-electron chi connectivity index (χ0n) is 13.7. The molecule has 2 aliphatic heterocycles. The van der Waals surface area contributed by atoms with E-state index in [1.54, 1.807) is 0 Å². The number of hydrogen-bond acceptors (Lipinski definition) is 3. The van der Waals surface area contributed by atoms with E-state index < -0.39 is 0 Å². The number of likely N-dealkylation sites (N-methyl/N-ethyl adjacent to an activating group) is 1. The first-order chi connectivity index (χ1) is 10.3. The molecular weight excluding hydrogens is 258 g/mol. The molecule has 1 saturated carbocycles. The molecule has 2 fully saturated rings. The van der Waals surface area contributed by atoms with Crippen molar-refractivity contribution in [2.24, 2.45) is 5.92 Å². The average Bonchev–Trinajstić information content (AvgIpc) is 3.04. The lowest BCUT2D eigenvalue weighted by Crippen LogP contribution is -2.38. The van der Waals surface area contributed by atoms with Crippen LogP contribution in [0.15, 0.2) is 24.0 Å². The molecule has 0 aromatic rings. The molecule has 1 saturated heterocycles. The summed E-state index contributed by atoms with van der Waals surface area (Å²) in [4.78, 5) is 5.07. The molecule has 2 heterocycles. The second kappa shape index (κ2) is 6.87. The summed E-state index contributed by atoms with van der Waals surface area (Å²) in [7, 11) is 2.08. The van der Waals surface area contributed by atoms with E-state index in [0.717, 1.165) is 19.0 Å². The first-order valence-corrected chi connectivity index (χ1v) is 8.84. The summed E-state index contributed by atoms with van der Waals surface area (Å²) in [5.74, 6) is 0.902. The fraction of sp³-hybridized carbons (Fsp3) is 0.778. The van der Waals surface area contributed by atoms with E-state index in [1.165, 1.54) is 50.8 Å². The predicted octanol–water partition coefficient (Wildman–Crippen LogP) is 2.96. The Morgan fingerprint density at radius 1 is 1.19 bits per heavy atom. The van der Waals surface area contributed by atoms with E-state index in [1.807, 2.05) is 0 Å². The number of likely N-dealkylation sites (tertiary alicyclic amines) is 1. The Hall–Kier alpha value is -0.960. The molecule has 0 bridgehead atoms. The Labute approximate surface area is 130 Å². The van der Waals surface area contributed by atoms with E-state index in [4.69, 9.17) is 0 Å². The van der Waals surface area contributed by atoms with Gasteiger partial charge in [0.2, 0.25) is 0 Å². The van der Waals surface area contributed by atoms with Gasteiger partial charge < -0.3 is 15.1 Å². The van der Waals surface area contributed by atoms with E-state index in [2.05, 4.69) is 47.4 Å². The molecule has 3 heteroatoms. The van der Waals surface area contributed by atoms with Gasteiger partial charge in [-0.15, -0.1) is 0 Å². The van der Waals surface area contributed by atoms with E-state index in [9.17, 15) is 0 Å². The van der Waals surface area contributed by atoms with Gasteiger partial charge in [-0.3, -0.25) is 0 Å². The van der Waals surface area contributed by atoms with Crippen molar-refractivity contribution in [3.63, 3.8) is 0 Å². The Balaban J connectivity index is 1.53. The zero-order chi connectivity index (χ0) is 14.7. The first-order valence-electron chi connectivity index (χ1n) is 8.84. The Morgan fingerprint density at radius 3 is 2.62 bits per heavy atom. The molecule has 21 heavy (non-hydrogen) atoms. The number of nitrogens with one attached hydrogen (secondary N) is 1. The van der Waals surface area contributed by atoms with Gasteiger partial charge >= 0.3 is 0 Å². The number of rotatable bonds is 4. The molecule has 0 spiro atoms. The Kier molecular flexibility index (Phi) is 4.89. The minimum Gasteiger partial charge on any atom is -0.371 e. The summed E-state index contributed by atoms with van der Waals surface area (Å²) in [5.41, 5.74) is 1.43. The largest absolute Gasteiger partial charge is 0.371 e. The van der Waals surface area contributed by atoms with Crippen molar-refractivity contribution < 1.29 is 0 Å². The third-order valence-corrected chi connectivity index (χ3v) is 5.76. The van der Waals surface area contributed by atoms with Gasteiger partial charge in [-0.2, -0.15) is 0 Å². The van der Waals surface area contributed by atoms with Gasteiger partial charge in [0.25, 0.3) is 0 Å². The molecule has 3 nitrogen and oxygen atoms in total. The monoisotopic (exact) mass is 289 g/mol. The quantitative estimate of drug-likeness (QED) is 0.858. The number of allylic oxidation sites excluding steroid dienone is 1. The molecule has 3 rings (SSSR count). The highest BCUT2D eigenvalue weighted by Crippen LogP contribution is 2.30. The van der Waals surface area contributed by atoms with Crippen molar-refractivity contribution in [3.8, 4) is 0 Å². The maximum absolute atomic E-state index is 3.40. The van der Waals surface area contributed by atoms with Gasteiger partial charge in [0.1, 0.15) is 0 Å². The van der Waals surface area contributed by atoms with Crippen molar-refractivity contribution >= 4 is 0 Å². The van der Waals surface area contributed by atoms with E-state index in [0.29, 0.717) is 12.1 Å². The van der Waals surface area contributed by atoms with Gasteiger partial charge in [0.15, 0.2) is 0 Å². The van der Waals surface area contributed by atoms with Crippen LogP contribution in [0, 0.1) is 5.92 Å². The molecule has 1 N–H and O–H groups in total. The molecule has 2 atom stereocenters. The molecule has 0 radical (unpaired) electrons. The normalized spacial score (nSPS) is 28.9. The van der Waals surface area contributed by atoms with Crippen molar-refractivity contribution in [2.75, 3.05) is 26.7 Å². The molecule has 1 aliphatic carbocycles.